The number of aryl methyl sites for hydroxylation is 1. The van der Waals surface area contributed by atoms with Crippen LogP contribution < -0.4 is 5.32 Å². The lowest BCUT2D eigenvalue weighted by Gasteiger charge is -2.07. The molecule has 0 amide bonds. The fourth-order valence-corrected chi connectivity index (χ4v) is 1.73. The second-order valence-corrected chi connectivity index (χ2v) is 4.24. The first-order valence-electron chi connectivity index (χ1n) is 5.79. The zero-order valence-corrected chi connectivity index (χ0v) is 10.4. The van der Waals surface area contributed by atoms with Crippen molar-refractivity contribution < 1.29 is 9.31 Å². The quantitative estimate of drug-likeness (QED) is 0.674. The highest BCUT2D eigenvalue weighted by molar-refractivity contribution is 5.46. The van der Waals surface area contributed by atoms with Crippen LogP contribution in [0.3, 0.4) is 0 Å². The van der Waals surface area contributed by atoms with Gasteiger partial charge in [0.1, 0.15) is 5.82 Å². The summed E-state index contributed by atoms with van der Waals surface area (Å²) in [6.07, 6.45) is 0. The van der Waals surface area contributed by atoms with Crippen LogP contribution in [0.25, 0.3) is 0 Å². The molecule has 0 spiro atoms. The third kappa shape index (κ3) is 3.28. The smallest absolute Gasteiger partial charge is 0.272 e. The summed E-state index contributed by atoms with van der Waals surface area (Å²) < 4.78 is 12.7. The van der Waals surface area contributed by atoms with E-state index in [1.807, 2.05) is 6.07 Å². The number of nitrogens with one attached hydrogen (secondary N) is 1. The van der Waals surface area contributed by atoms with Gasteiger partial charge >= 0.3 is 0 Å². The van der Waals surface area contributed by atoms with Crippen LogP contribution in [0.5, 0.6) is 0 Å². The Kier molecular flexibility index (Phi) is 3.75. The van der Waals surface area contributed by atoms with E-state index in [1.54, 1.807) is 31.2 Å². The molecule has 2 rings (SSSR count). The van der Waals surface area contributed by atoms with Gasteiger partial charge in [-0.1, -0.05) is 12.1 Å². The lowest BCUT2D eigenvalue weighted by atomic mass is 10.1. The Hall–Kier alpha value is -2.43. The predicted octanol–water partition coefficient (Wildman–Crippen LogP) is 3.65. The van der Waals surface area contributed by atoms with Crippen molar-refractivity contribution in [1.82, 2.24) is 0 Å². The maximum absolute atomic E-state index is 12.7. The molecular formula is C14H13FN2O2. The predicted molar refractivity (Wildman–Crippen MR) is 71.6 cm³/mol. The van der Waals surface area contributed by atoms with E-state index in [-0.39, 0.29) is 11.5 Å². The summed E-state index contributed by atoms with van der Waals surface area (Å²) in [4.78, 5) is 10.4. The first-order chi connectivity index (χ1) is 9.06. The fourth-order valence-electron chi connectivity index (χ4n) is 1.73. The number of benzene rings is 2. The van der Waals surface area contributed by atoms with Crippen LogP contribution in [0.15, 0.2) is 42.5 Å². The van der Waals surface area contributed by atoms with Gasteiger partial charge in [-0.05, 0) is 36.8 Å². The second-order valence-electron chi connectivity index (χ2n) is 4.24. The third-order valence-electron chi connectivity index (χ3n) is 2.81. The van der Waals surface area contributed by atoms with Crippen molar-refractivity contribution in [2.45, 2.75) is 13.5 Å². The van der Waals surface area contributed by atoms with Crippen LogP contribution in [0.2, 0.25) is 0 Å². The zero-order valence-electron chi connectivity index (χ0n) is 10.4. The zero-order chi connectivity index (χ0) is 13.8. The molecule has 0 bridgehead atoms. The summed E-state index contributed by atoms with van der Waals surface area (Å²) in [5, 5.41) is 13.9. The lowest BCUT2D eigenvalue weighted by Crippen LogP contribution is -2.01. The highest BCUT2D eigenvalue weighted by Crippen LogP contribution is 2.20. The third-order valence-corrected chi connectivity index (χ3v) is 2.81. The molecule has 0 aliphatic carbocycles. The first-order valence-corrected chi connectivity index (χ1v) is 5.79. The van der Waals surface area contributed by atoms with Crippen molar-refractivity contribution in [2.24, 2.45) is 0 Å². The molecule has 0 saturated heterocycles. The molecule has 1 N–H and O–H groups in total. The van der Waals surface area contributed by atoms with Gasteiger partial charge in [0.2, 0.25) is 0 Å². The number of nitro groups is 1. The Morgan fingerprint density at radius 1 is 1.21 bits per heavy atom. The van der Waals surface area contributed by atoms with Crippen LogP contribution in [0.1, 0.15) is 11.1 Å². The molecule has 0 fully saturated rings. The van der Waals surface area contributed by atoms with Crippen LogP contribution in [-0.4, -0.2) is 4.92 Å². The van der Waals surface area contributed by atoms with Gasteiger partial charge in [0.15, 0.2) is 0 Å². The number of halogens is 1. The molecule has 2 aromatic carbocycles. The van der Waals surface area contributed by atoms with Crippen molar-refractivity contribution in [3.8, 4) is 0 Å². The number of rotatable bonds is 4. The SMILES string of the molecule is Cc1ccc(CNc2ccc(F)cc2)cc1[N+](=O)[O-]. The maximum atomic E-state index is 12.7. The van der Waals surface area contributed by atoms with Gasteiger partial charge in [-0.2, -0.15) is 0 Å². The minimum atomic E-state index is -0.392. The molecule has 5 heteroatoms. The minimum absolute atomic E-state index is 0.110. The van der Waals surface area contributed by atoms with Crippen LogP contribution >= 0.6 is 0 Å². The molecule has 0 aliphatic rings. The van der Waals surface area contributed by atoms with E-state index in [4.69, 9.17) is 0 Å². The highest BCUT2D eigenvalue weighted by Gasteiger charge is 2.10. The Morgan fingerprint density at radius 3 is 2.53 bits per heavy atom. The number of anilines is 1. The topological polar surface area (TPSA) is 55.2 Å². The van der Waals surface area contributed by atoms with Crippen molar-refractivity contribution in [3.05, 3.63) is 69.5 Å². The van der Waals surface area contributed by atoms with Gasteiger partial charge in [0.05, 0.1) is 4.92 Å². The van der Waals surface area contributed by atoms with E-state index in [2.05, 4.69) is 5.32 Å². The van der Waals surface area contributed by atoms with E-state index in [9.17, 15) is 14.5 Å². The van der Waals surface area contributed by atoms with Crippen molar-refractivity contribution in [2.75, 3.05) is 5.32 Å². The molecule has 0 aliphatic heterocycles. The van der Waals surface area contributed by atoms with Crippen LogP contribution in [0, 0.1) is 22.9 Å². The minimum Gasteiger partial charge on any atom is -0.381 e. The lowest BCUT2D eigenvalue weighted by molar-refractivity contribution is -0.385. The maximum Gasteiger partial charge on any atom is 0.272 e. The summed E-state index contributed by atoms with van der Waals surface area (Å²) >= 11 is 0. The molecule has 0 heterocycles. The van der Waals surface area contributed by atoms with Crippen LogP contribution in [0.4, 0.5) is 15.8 Å². The van der Waals surface area contributed by atoms with Gasteiger partial charge in [-0.3, -0.25) is 10.1 Å². The van der Waals surface area contributed by atoms with E-state index in [0.717, 1.165) is 11.3 Å². The second kappa shape index (κ2) is 5.48. The molecule has 0 atom stereocenters. The Bertz CT molecular complexity index is 597. The first kappa shape index (κ1) is 13.0. The highest BCUT2D eigenvalue weighted by atomic mass is 19.1. The Labute approximate surface area is 110 Å². The van der Waals surface area contributed by atoms with Gasteiger partial charge < -0.3 is 5.32 Å². The summed E-state index contributed by atoms with van der Waals surface area (Å²) in [5.74, 6) is -0.295. The van der Waals surface area contributed by atoms with E-state index in [1.165, 1.54) is 12.1 Å². The standard InChI is InChI=1S/C14H13FN2O2/c1-10-2-3-11(8-14(10)17(18)19)9-16-13-6-4-12(15)5-7-13/h2-8,16H,9H2,1H3. The molecule has 0 aromatic heterocycles. The average molecular weight is 260 g/mol. The van der Waals surface area contributed by atoms with Crippen LogP contribution in [-0.2, 0) is 6.54 Å². The molecule has 2 aromatic rings. The van der Waals surface area contributed by atoms with Crippen molar-refractivity contribution >= 4 is 11.4 Å². The van der Waals surface area contributed by atoms with E-state index >= 15 is 0 Å². The van der Waals surface area contributed by atoms with E-state index < -0.39 is 4.92 Å². The summed E-state index contributed by atoms with van der Waals surface area (Å²) in [7, 11) is 0. The fraction of sp³-hybridized carbons (Fsp3) is 0.143. The largest absolute Gasteiger partial charge is 0.381 e. The Balaban J connectivity index is 2.09. The number of hydrogen-bond acceptors (Lipinski definition) is 3. The monoisotopic (exact) mass is 260 g/mol. The molecular weight excluding hydrogens is 247 g/mol. The van der Waals surface area contributed by atoms with Crippen molar-refractivity contribution in [1.29, 1.82) is 0 Å². The molecule has 19 heavy (non-hydrogen) atoms. The van der Waals surface area contributed by atoms with Gasteiger partial charge in [0, 0.05) is 23.9 Å². The molecule has 98 valence electrons. The molecule has 0 saturated carbocycles. The van der Waals surface area contributed by atoms with Gasteiger partial charge in [-0.25, -0.2) is 4.39 Å². The number of hydrogen-bond donors (Lipinski definition) is 1. The van der Waals surface area contributed by atoms with Gasteiger partial charge in [-0.15, -0.1) is 0 Å². The summed E-state index contributed by atoms with van der Waals surface area (Å²) in [6.45, 7) is 2.15. The van der Waals surface area contributed by atoms with E-state index in [0.29, 0.717) is 12.1 Å². The summed E-state index contributed by atoms with van der Waals surface area (Å²) in [5.41, 5.74) is 2.32. The molecule has 4 nitrogen and oxygen atoms in total. The van der Waals surface area contributed by atoms with Gasteiger partial charge in [0.25, 0.3) is 5.69 Å². The number of nitrogens with zero attached hydrogens (tertiary/aromatic N) is 1. The average Bonchev–Trinajstić information content (AvgIpc) is 2.39. The number of nitro benzene ring substituents is 1. The molecule has 0 radical (unpaired) electrons. The van der Waals surface area contributed by atoms with Crippen molar-refractivity contribution in [3.63, 3.8) is 0 Å². The molecule has 0 unspecified atom stereocenters. The normalized spacial score (nSPS) is 10.2. The Morgan fingerprint density at radius 2 is 1.89 bits per heavy atom. The summed E-state index contributed by atoms with van der Waals surface area (Å²) in [6, 6.07) is 11.1.